The van der Waals surface area contributed by atoms with Crippen molar-refractivity contribution in [3.8, 4) is 5.75 Å². The van der Waals surface area contributed by atoms with E-state index in [0.717, 1.165) is 16.2 Å². The van der Waals surface area contributed by atoms with Gasteiger partial charge in [0.25, 0.3) is 0 Å². The van der Waals surface area contributed by atoms with E-state index in [1.807, 2.05) is 42.5 Å². The zero-order valence-corrected chi connectivity index (χ0v) is 14.2. The highest BCUT2D eigenvalue weighted by Crippen LogP contribution is 2.62. The van der Waals surface area contributed by atoms with Gasteiger partial charge in [-0.2, -0.15) is 10.6 Å². The first-order valence-electron chi connectivity index (χ1n) is 7.45. The van der Waals surface area contributed by atoms with Crippen LogP contribution < -0.4 is 4.74 Å². The highest BCUT2D eigenvalue weighted by molar-refractivity contribution is 8.25. The Morgan fingerprint density at radius 1 is 1.13 bits per heavy atom. The minimum Gasteiger partial charge on any atom is -0.493 e. The zero-order valence-electron chi connectivity index (χ0n) is 12.6. The van der Waals surface area contributed by atoms with E-state index in [0.29, 0.717) is 23.7 Å². The van der Waals surface area contributed by atoms with Crippen LogP contribution in [0.3, 0.4) is 0 Å². The van der Waals surface area contributed by atoms with Gasteiger partial charge in [-0.25, -0.2) is 0 Å². The predicted octanol–water partition coefficient (Wildman–Crippen LogP) is 4.40. The molecule has 2 aromatic rings. The summed E-state index contributed by atoms with van der Waals surface area (Å²) in [6.45, 7) is 0.600. The van der Waals surface area contributed by atoms with Crippen LogP contribution in [0.2, 0.25) is 0 Å². The Labute approximate surface area is 141 Å². The van der Waals surface area contributed by atoms with E-state index >= 15 is 0 Å². The van der Waals surface area contributed by atoms with Crippen molar-refractivity contribution in [3.63, 3.8) is 0 Å². The number of fused-ring (bicyclic) bond motifs is 1. The van der Waals surface area contributed by atoms with Gasteiger partial charge in [0, 0.05) is 17.9 Å². The second kappa shape index (κ2) is 7.15. The molecule has 3 N–H and O–H groups in total. The molecule has 0 aliphatic carbocycles. The molecule has 0 amide bonds. The van der Waals surface area contributed by atoms with Crippen molar-refractivity contribution >= 4 is 22.4 Å². The normalized spacial score (nSPS) is 20.0. The molecule has 1 aliphatic rings. The van der Waals surface area contributed by atoms with Crippen LogP contribution in [0.4, 0.5) is 0 Å². The number of thioether (sulfide) groups is 1. The summed E-state index contributed by atoms with van der Waals surface area (Å²) in [5.74, 6) is 1.12. The zero-order chi connectivity index (χ0) is 16.3. The third-order valence-electron chi connectivity index (χ3n) is 3.66. The van der Waals surface area contributed by atoms with E-state index in [4.69, 9.17) is 9.84 Å². The fourth-order valence-electron chi connectivity index (χ4n) is 2.59. The van der Waals surface area contributed by atoms with Crippen LogP contribution in [0.25, 0.3) is 0 Å². The molecule has 1 unspecified atom stereocenters. The summed E-state index contributed by atoms with van der Waals surface area (Å²) in [5.41, 5.74) is 1.00. The average Bonchev–Trinajstić information content (AvgIpc) is 2.79. The van der Waals surface area contributed by atoms with Crippen LogP contribution >= 0.6 is 22.4 Å². The van der Waals surface area contributed by atoms with E-state index in [1.165, 1.54) is 0 Å². The van der Waals surface area contributed by atoms with E-state index in [9.17, 15) is 9.11 Å². The predicted molar refractivity (Wildman–Crippen MR) is 94.7 cm³/mol. The van der Waals surface area contributed by atoms with Crippen molar-refractivity contribution in [3.05, 3.63) is 54.1 Å². The first-order valence-corrected chi connectivity index (χ1v) is 10.0. The average molecular weight is 352 g/mol. The number of ether oxygens (including phenoxy) is 1. The lowest BCUT2D eigenvalue weighted by molar-refractivity contribution is 0.233. The van der Waals surface area contributed by atoms with Crippen molar-refractivity contribution in [1.82, 2.24) is 0 Å². The third-order valence-corrected chi connectivity index (χ3v) is 6.97. The number of rotatable bonds is 6. The van der Waals surface area contributed by atoms with Gasteiger partial charge in [0.1, 0.15) is 5.75 Å². The molecule has 1 atom stereocenters. The molecule has 23 heavy (non-hydrogen) atoms. The number of hydrogen-bond donors (Lipinski definition) is 3. The van der Waals surface area contributed by atoms with E-state index < -0.39 is 10.6 Å². The van der Waals surface area contributed by atoms with Gasteiger partial charge in [-0.15, -0.1) is 11.8 Å². The van der Waals surface area contributed by atoms with E-state index in [2.05, 4.69) is 0 Å². The maximum atomic E-state index is 10.3. The van der Waals surface area contributed by atoms with E-state index in [-0.39, 0.29) is 11.9 Å². The second-order valence-electron chi connectivity index (χ2n) is 5.38. The highest BCUT2D eigenvalue weighted by Gasteiger charge is 2.35. The van der Waals surface area contributed by atoms with Gasteiger partial charge in [0.15, 0.2) is 0 Å². The number of benzene rings is 2. The molecule has 0 bridgehead atoms. The smallest absolute Gasteiger partial charge is 0.120 e. The molecule has 0 spiro atoms. The summed E-state index contributed by atoms with van der Waals surface area (Å²) in [4.78, 5) is 1.70. The molecule has 4 nitrogen and oxygen atoms in total. The van der Waals surface area contributed by atoms with Crippen LogP contribution in [-0.2, 0) is 0 Å². The Morgan fingerprint density at radius 3 is 2.78 bits per heavy atom. The molecule has 1 heterocycles. The van der Waals surface area contributed by atoms with Crippen molar-refractivity contribution in [2.75, 3.05) is 19.0 Å². The van der Waals surface area contributed by atoms with Gasteiger partial charge in [0.05, 0.1) is 22.5 Å². The molecule has 0 saturated heterocycles. The molecule has 0 fully saturated rings. The van der Waals surface area contributed by atoms with Crippen LogP contribution in [0.5, 0.6) is 5.75 Å². The maximum absolute atomic E-state index is 10.3. The summed E-state index contributed by atoms with van der Waals surface area (Å²) in [6, 6.07) is 15.3. The molecule has 2 aromatic carbocycles. The summed E-state index contributed by atoms with van der Waals surface area (Å²) < 4.78 is 26.1. The Hall–Kier alpha value is -1.18. The van der Waals surface area contributed by atoms with Gasteiger partial charge in [-0.1, -0.05) is 24.3 Å². The summed E-state index contributed by atoms with van der Waals surface area (Å²) in [6.07, 6.45) is 0.605. The number of aliphatic hydroxyl groups is 1. The van der Waals surface area contributed by atoms with E-state index in [1.54, 1.807) is 17.8 Å². The maximum Gasteiger partial charge on any atom is 0.120 e. The Kier molecular flexibility index (Phi) is 5.18. The monoisotopic (exact) mass is 352 g/mol. The van der Waals surface area contributed by atoms with Gasteiger partial charge >= 0.3 is 0 Å². The number of hydrogen-bond acceptors (Lipinski definition) is 5. The van der Waals surface area contributed by atoms with Crippen molar-refractivity contribution in [2.45, 2.75) is 21.5 Å². The van der Waals surface area contributed by atoms with Gasteiger partial charge in [-0.3, -0.25) is 9.11 Å². The van der Waals surface area contributed by atoms with Crippen LogP contribution in [0.1, 0.15) is 17.2 Å². The fraction of sp³-hybridized carbons (Fsp3) is 0.294. The molecule has 124 valence electrons. The summed E-state index contributed by atoms with van der Waals surface area (Å²) in [5, 5.41) is 8.83. The van der Waals surface area contributed by atoms with Crippen LogP contribution in [0, 0.1) is 0 Å². The Balaban J connectivity index is 1.74. The lowest BCUT2D eigenvalue weighted by atomic mass is 10.2. The van der Waals surface area contributed by atoms with Gasteiger partial charge in [-0.05, 0) is 29.8 Å². The van der Waals surface area contributed by atoms with Crippen LogP contribution in [0.15, 0.2) is 58.3 Å². The first-order chi connectivity index (χ1) is 11.1. The van der Waals surface area contributed by atoms with Gasteiger partial charge in [0.2, 0.25) is 0 Å². The highest BCUT2D eigenvalue weighted by atomic mass is 32.3. The molecule has 3 rings (SSSR count). The molecule has 0 saturated carbocycles. The molecular weight excluding hydrogens is 332 g/mol. The molecule has 1 aliphatic heterocycles. The summed E-state index contributed by atoms with van der Waals surface area (Å²) >= 11 is 1.62. The largest absolute Gasteiger partial charge is 0.493 e. The minimum atomic E-state index is -2.68. The topological polar surface area (TPSA) is 69.9 Å². The van der Waals surface area contributed by atoms with Crippen molar-refractivity contribution in [2.24, 2.45) is 0 Å². The van der Waals surface area contributed by atoms with Gasteiger partial charge < -0.3 is 9.84 Å². The molecule has 0 radical (unpaired) electrons. The summed E-state index contributed by atoms with van der Waals surface area (Å²) in [7, 11) is -2.68. The number of aliphatic hydroxyl groups excluding tert-OH is 1. The Morgan fingerprint density at radius 2 is 1.96 bits per heavy atom. The second-order valence-corrected chi connectivity index (χ2v) is 8.76. The SMILES string of the molecule is OCCCOc1cccc(SC2CS(O)(O)c3ccccc32)c1. The Bertz CT molecular complexity index is 675. The molecule has 6 heteroatoms. The minimum absolute atomic E-state index is 0.0314. The molecule has 0 aromatic heterocycles. The standard InChI is InChI=1S/C17H20O4S2/c18-9-4-10-21-13-5-3-6-14(11-13)22-16-12-23(19,20)17-8-2-1-7-15(16)17/h1-3,5-8,11,16,18-20H,4,9-10,12H2. The van der Waals surface area contributed by atoms with Crippen molar-refractivity contribution in [1.29, 1.82) is 0 Å². The lowest BCUT2D eigenvalue weighted by Crippen LogP contribution is -2.00. The quantitative estimate of drug-likeness (QED) is 0.672. The molecular formula is C17H20O4S2. The first kappa shape index (κ1) is 16.7. The lowest BCUT2D eigenvalue weighted by Gasteiger charge is -2.27. The van der Waals surface area contributed by atoms with Crippen molar-refractivity contribution < 1.29 is 18.9 Å². The van der Waals surface area contributed by atoms with Crippen LogP contribution in [-0.4, -0.2) is 33.2 Å². The fourth-order valence-corrected chi connectivity index (χ4v) is 6.17. The third kappa shape index (κ3) is 3.84.